The molecule has 0 fully saturated rings. The topological polar surface area (TPSA) is 91.5 Å². The lowest BCUT2D eigenvalue weighted by Gasteiger charge is -2.22. The molecule has 0 amide bonds. The van der Waals surface area contributed by atoms with E-state index in [9.17, 15) is 0 Å². The summed E-state index contributed by atoms with van der Waals surface area (Å²) in [7, 11) is 1.79. The Hall–Kier alpha value is -2.04. The SMILES string of the molecule is CCc1cccc(C)c1N(C)C(=N)N=C(N)N. The molecule has 1 rings (SSSR count). The Morgan fingerprint density at radius 2 is 2.06 bits per heavy atom. The van der Waals surface area contributed by atoms with Crippen LogP contribution in [-0.4, -0.2) is 19.0 Å². The van der Waals surface area contributed by atoms with E-state index >= 15 is 0 Å². The van der Waals surface area contributed by atoms with Gasteiger partial charge in [-0.05, 0) is 24.5 Å². The fourth-order valence-electron chi connectivity index (χ4n) is 1.79. The normalized spacial score (nSPS) is 9.82. The number of nitrogens with two attached hydrogens (primary N) is 2. The minimum Gasteiger partial charge on any atom is -0.370 e. The largest absolute Gasteiger partial charge is 0.370 e. The van der Waals surface area contributed by atoms with E-state index in [2.05, 4.69) is 11.9 Å². The maximum Gasteiger partial charge on any atom is 0.225 e. The van der Waals surface area contributed by atoms with Crippen molar-refractivity contribution < 1.29 is 0 Å². The zero-order chi connectivity index (χ0) is 13.0. The number of aliphatic imine (C=N–C) groups is 1. The predicted molar refractivity (Wildman–Crippen MR) is 72.5 cm³/mol. The number of benzene rings is 1. The zero-order valence-electron chi connectivity index (χ0n) is 10.5. The Balaban J connectivity index is 3.15. The molecular formula is C12H19N5. The Bertz CT molecular complexity index is 446. The number of guanidine groups is 2. The average Bonchev–Trinajstić information content (AvgIpc) is 2.26. The third-order valence-electron chi connectivity index (χ3n) is 2.59. The first-order valence-corrected chi connectivity index (χ1v) is 5.47. The summed E-state index contributed by atoms with van der Waals surface area (Å²) in [5, 5.41) is 7.81. The van der Waals surface area contributed by atoms with Crippen LogP contribution in [0.2, 0.25) is 0 Å². The fraction of sp³-hybridized carbons (Fsp3) is 0.333. The summed E-state index contributed by atoms with van der Waals surface area (Å²) >= 11 is 0. The minimum atomic E-state index is -0.103. The van der Waals surface area contributed by atoms with Gasteiger partial charge in [0.25, 0.3) is 0 Å². The number of anilines is 1. The quantitative estimate of drug-likeness (QED) is 0.529. The molecule has 0 aliphatic rings. The van der Waals surface area contributed by atoms with E-state index < -0.39 is 0 Å². The molecule has 1 aromatic carbocycles. The molecule has 0 aliphatic carbocycles. The van der Waals surface area contributed by atoms with Crippen molar-refractivity contribution in [2.24, 2.45) is 16.5 Å². The predicted octanol–water partition coefficient (Wildman–Crippen LogP) is 1.20. The van der Waals surface area contributed by atoms with Crippen LogP contribution in [-0.2, 0) is 6.42 Å². The second-order valence-corrected chi connectivity index (χ2v) is 3.86. The van der Waals surface area contributed by atoms with E-state index in [1.165, 1.54) is 5.56 Å². The van der Waals surface area contributed by atoms with E-state index in [1.54, 1.807) is 11.9 Å². The lowest BCUT2D eigenvalue weighted by Crippen LogP contribution is -2.31. The maximum absolute atomic E-state index is 7.81. The smallest absolute Gasteiger partial charge is 0.225 e. The van der Waals surface area contributed by atoms with Crippen molar-refractivity contribution in [2.75, 3.05) is 11.9 Å². The van der Waals surface area contributed by atoms with Crippen molar-refractivity contribution in [1.82, 2.24) is 0 Å². The molecule has 0 atom stereocenters. The summed E-state index contributed by atoms with van der Waals surface area (Å²) in [4.78, 5) is 5.44. The third-order valence-corrected chi connectivity index (χ3v) is 2.59. The number of rotatable bonds is 2. The van der Waals surface area contributed by atoms with Crippen LogP contribution in [0.15, 0.2) is 23.2 Å². The molecule has 5 heteroatoms. The highest BCUT2D eigenvalue weighted by Crippen LogP contribution is 2.24. The van der Waals surface area contributed by atoms with Gasteiger partial charge in [0.05, 0.1) is 0 Å². The van der Waals surface area contributed by atoms with Crippen LogP contribution >= 0.6 is 0 Å². The molecule has 17 heavy (non-hydrogen) atoms. The fourth-order valence-corrected chi connectivity index (χ4v) is 1.79. The lowest BCUT2D eigenvalue weighted by molar-refractivity contribution is 1.08. The highest BCUT2D eigenvalue weighted by molar-refractivity contribution is 6.01. The first-order chi connectivity index (χ1) is 7.97. The van der Waals surface area contributed by atoms with Gasteiger partial charge in [0.15, 0.2) is 5.96 Å². The number of hydrogen-bond acceptors (Lipinski definition) is 1. The van der Waals surface area contributed by atoms with Crippen LogP contribution in [0.3, 0.4) is 0 Å². The second kappa shape index (κ2) is 5.34. The summed E-state index contributed by atoms with van der Waals surface area (Å²) in [6.07, 6.45) is 0.899. The van der Waals surface area contributed by atoms with Gasteiger partial charge in [0.1, 0.15) is 0 Å². The molecule has 0 saturated carbocycles. The van der Waals surface area contributed by atoms with E-state index in [-0.39, 0.29) is 11.9 Å². The number of aryl methyl sites for hydroxylation is 2. The van der Waals surface area contributed by atoms with E-state index in [4.69, 9.17) is 16.9 Å². The van der Waals surface area contributed by atoms with Gasteiger partial charge in [0.2, 0.25) is 5.96 Å². The van der Waals surface area contributed by atoms with Crippen molar-refractivity contribution >= 4 is 17.6 Å². The molecule has 5 N–H and O–H groups in total. The molecule has 0 heterocycles. The van der Waals surface area contributed by atoms with Crippen molar-refractivity contribution in [3.05, 3.63) is 29.3 Å². The van der Waals surface area contributed by atoms with Gasteiger partial charge in [-0.25, -0.2) is 0 Å². The van der Waals surface area contributed by atoms with Crippen LogP contribution in [0.5, 0.6) is 0 Å². The molecule has 0 unspecified atom stereocenters. The monoisotopic (exact) mass is 233 g/mol. The first-order valence-electron chi connectivity index (χ1n) is 5.47. The van der Waals surface area contributed by atoms with Crippen molar-refractivity contribution in [1.29, 1.82) is 5.41 Å². The van der Waals surface area contributed by atoms with Gasteiger partial charge >= 0.3 is 0 Å². The summed E-state index contributed by atoms with van der Waals surface area (Å²) < 4.78 is 0. The number of nitrogens with zero attached hydrogens (tertiary/aromatic N) is 2. The Morgan fingerprint density at radius 1 is 1.41 bits per heavy atom. The van der Waals surface area contributed by atoms with Crippen molar-refractivity contribution in [2.45, 2.75) is 20.3 Å². The van der Waals surface area contributed by atoms with Crippen LogP contribution in [0.25, 0.3) is 0 Å². The second-order valence-electron chi connectivity index (χ2n) is 3.86. The van der Waals surface area contributed by atoms with Gasteiger partial charge < -0.3 is 16.4 Å². The molecule has 0 spiro atoms. The molecule has 0 radical (unpaired) electrons. The van der Waals surface area contributed by atoms with Gasteiger partial charge in [-0.3, -0.25) is 5.41 Å². The molecule has 1 aromatic rings. The molecular weight excluding hydrogens is 214 g/mol. The molecule has 92 valence electrons. The summed E-state index contributed by atoms with van der Waals surface area (Å²) in [6, 6.07) is 6.06. The summed E-state index contributed by atoms with van der Waals surface area (Å²) in [6.45, 7) is 4.09. The Morgan fingerprint density at radius 3 is 2.59 bits per heavy atom. The minimum absolute atomic E-state index is 0.0361. The highest BCUT2D eigenvalue weighted by atomic mass is 15.3. The third kappa shape index (κ3) is 2.96. The first kappa shape index (κ1) is 13.0. The number of hydrogen-bond donors (Lipinski definition) is 3. The number of para-hydroxylation sites is 1. The van der Waals surface area contributed by atoms with E-state index in [1.807, 2.05) is 25.1 Å². The summed E-state index contributed by atoms with van der Waals surface area (Å²) in [5.41, 5.74) is 13.8. The number of nitrogens with one attached hydrogen (secondary N) is 1. The molecule has 5 nitrogen and oxygen atoms in total. The van der Waals surface area contributed by atoms with Gasteiger partial charge in [-0.15, -0.1) is 0 Å². The zero-order valence-corrected chi connectivity index (χ0v) is 10.5. The van der Waals surface area contributed by atoms with Crippen LogP contribution < -0.4 is 16.4 Å². The molecule has 0 bridgehead atoms. The maximum atomic E-state index is 7.81. The van der Waals surface area contributed by atoms with Crippen molar-refractivity contribution in [3.63, 3.8) is 0 Å². The molecule has 0 saturated heterocycles. The van der Waals surface area contributed by atoms with Gasteiger partial charge in [0, 0.05) is 12.7 Å². The van der Waals surface area contributed by atoms with E-state index in [0.717, 1.165) is 17.7 Å². The Labute approximate surface area is 102 Å². The molecule has 0 aromatic heterocycles. The lowest BCUT2D eigenvalue weighted by atomic mass is 10.1. The summed E-state index contributed by atoms with van der Waals surface area (Å²) in [5.74, 6) is -0.0671. The van der Waals surface area contributed by atoms with Crippen molar-refractivity contribution in [3.8, 4) is 0 Å². The van der Waals surface area contributed by atoms with E-state index in [0.29, 0.717) is 0 Å². The van der Waals surface area contributed by atoms with Crippen LogP contribution in [0, 0.1) is 12.3 Å². The highest BCUT2D eigenvalue weighted by Gasteiger charge is 2.12. The average molecular weight is 233 g/mol. The van der Waals surface area contributed by atoms with Gasteiger partial charge in [-0.2, -0.15) is 4.99 Å². The standard InChI is InChI=1S/C12H19N5/c1-4-9-7-5-6-8(2)10(9)17(3)12(15)16-11(13)14/h5-7H,4H2,1-3H3,(H5,13,14,15,16). The van der Waals surface area contributed by atoms with Crippen LogP contribution in [0.4, 0.5) is 5.69 Å². The van der Waals surface area contributed by atoms with Crippen LogP contribution in [0.1, 0.15) is 18.1 Å². The molecule has 0 aliphatic heterocycles. The van der Waals surface area contributed by atoms with Gasteiger partial charge in [-0.1, -0.05) is 25.1 Å². The Kier molecular flexibility index (Phi) is 4.09.